The van der Waals surface area contributed by atoms with E-state index in [2.05, 4.69) is 36.7 Å². The number of nitrogens with one attached hydrogen (secondary N) is 3. The summed E-state index contributed by atoms with van der Waals surface area (Å²) in [6.45, 7) is 9.03. The highest BCUT2D eigenvalue weighted by Gasteiger charge is 2.34. The lowest BCUT2D eigenvalue weighted by molar-refractivity contribution is 0.0531. The lowest BCUT2D eigenvalue weighted by atomic mass is 9.88. The van der Waals surface area contributed by atoms with Gasteiger partial charge in [-0.1, -0.05) is 44.5 Å². The van der Waals surface area contributed by atoms with Crippen molar-refractivity contribution in [2.24, 2.45) is 10.5 Å². The number of ether oxygens (including phenoxy) is 1. The molecule has 10 heteroatoms. The number of anilines is 2. The van der Waals surface area contributed by atoms with Crippen molar-refractivity contribution >= 4 is 40.7 Å². The van der Waals surface area contributed by atoms with Gasteiger partial charge in [-0.3, -0.25) is 0 Å². The summed E-state index contributed by atoms with van der Waals surface area (Å²) in [5, 5.41) is 16.2. The van der Waals surface area contributed by atoms with Gasteiger partial charge in [0, 0.05) is 47.9 Å². The molecule has 1 atom stereocenters. The van der Waals surface area contributed by atoms with Crippen molar-refractivity contribution in [1.82, 2.24) is 15.5 Å². The number of urea groups is 2. The van der Waals surface area contributed by atoms with Gasteiger partial charge in [0.05, 0.1) is 18.9 Å². The third-order valence-electron chi connectivity index (χ3n) is 6.09. The maximum atomic E-state index is 12.8. The van der Waals surface area contributed by atoms with Crippen LogP contribution < -0.4 is 21.0 Å². The van der Waals surface area contributed by atoms with E-state index < -0.39 is 0 Å². The van der Waals surface area contributed by atoms with Crippen LogP contribution >= 0.6 is 11.6 Å². The summed E-state index contributed by atoms with van der Waals surface area (Å²) in [5.41, 5.74) is 3.27. The van der Waals surface area contributed by atoms with Gasteiger partial charge in [-0.25, -0.2) is 14.6 Å². The summed E-state index contributed by atoms with van der Waals surface area (Å²) >= 11 is 5.94. The van der Waals surface area contributed by atoms with E-state index in [1.807, 2.05) is 29.3 Å². The van der Waals surface area contributed by atoms with Gasteiger partial charge in [0.25, 0.3) is 0 Å². The van der Waals surface area contributed by atoms with Crippen LogP contribution in [-0.4, -0.2) is 55.1 Å². The van der Waals surface area contributed by atoms with Gasteiger partial charge in [0.1, 0.15) is 6.17 Å². The Labute approximate surface area is 216 Å². The Bertz CT molecular complexity index is 1110. The zero-order valence-corrected chi connectivity index (χ0v) is 21.6. The number of halogens is 1. The third kappa shape index (κ3) is 6.67. The maximum Gasteiger partial charge on any atom is 0.320 e. The number of hydrogen-bond acceptors (Lipinski definition) is 5. The minimum Gasteiger partial charge on any atom is -0.378 e. The average Bonchev–Trinajstić information content (AvgIpc) is 3.29. The average molecular weight is 513 g/mol. The highest BCUT2D eigenvalue weighted by molar-refractivity contribution is 6.30. The summed E-state index contributed by atoms with van der Waals surface area (Å²) in [6.07, 6.45) is 0.236. The smallest absolute Gasteiger partial charge is 0.320 e. The van der Waals surface area contributed by atoms with Crippen molar-refractivity contribution in [1.29, 1.82) is 0 Å². The van der Waals surface area contributed by atoms with Crippen molar-refractivity contribution in [3.05, 3.63) is 59.1 Å². The van der Waals surface area contributed by atoms with Gasteiger partial charge in [-0.2, -0.15) is 5.10 Å². The summed E-state index contributed by atoms with van der Waals surface area (Å²) < 4.78 is 5.31. The highest BCUT2D eigenvalue weighted by atomic mass is 35.5. The van der Waals surface area contributed by atoms with Crippen LogP contribution in [0.1, 0.15) is 32.8 Å². The monoisotopic (exact) mass is 512 g/mol. The van der Waals surface area contributed by atoms with E-state index in [1.165, 1.54) is 0 Å². The first-order valence-corrected chi connectivity index (χ1v) is 12.5. The number of carbonyl (C=O) groups is 2. The Balaban J connectivity index is 1.45. The second kappa shape index (κ2) is 11.2. The zero-order chi connectivity index (χ0) is 25.7. The third-order valence-corrected chi connectivity index (χ3v) is 6.35. The molecule has 0 aromatic heterocycles. The molecule has 0 spiro atoms. The predicted octanol–water partition coefficient (Wildman–Crippen LogP) is 4.64. The summed E-state index contributed by atoms with van der Waals surface area (Å²) in [5.74, 6) is 0. The molecule has 1 fully saturated rings. The Morgan fingerprint density at radius 3 is 2.53 bits per heavy atom. The molecule has 2 aromatic carbocycles. The molecular weight excluding hydrogens is 480 g/mol. The number of rotatable bonds is 5. The first kappa shape index (κ1) is 25.8. The molecule has 4 rings (SSSR count). The van der Waals surface area contributed by atoms with Crippen molar-refractivity contribution < 1.29 is 14.3 Å². The number of amides is 4. The number of hydrazone groups is 1. The van der Waals surface area contributed by atoms with Crippen LogP contribution in [0.15, 0.2) is 53.6 Å². The second-order valence-electron chi connectivity index (χ2n) is 9.89. The molecule has 2 aromatic rings. The molecule has 2 aliphatic heterocycles. The van der Waals surface area contributed by atoms with E-state index in [-0.39, 0.29) is 23.6 Å². The molecule has 1 unspecified atom stereocenters. The molecule has 0 radical (unpaired) electrons. The van der Waals surface area contributed by atoms with Crippen LogP contribution in [0.25, 0.3) is 0 Å². The van der Waals surface area contributed by atoms with E-state index in [4.69, 9.17) is 21.4 Å². The van der Waals surface area contributed by atoms with Gasteiger partial charge in [-0.15, -0.1) is 0 Å². The molecule has 0 bridgehead atoms. The Hall–Kier alpha value is -3.30. The molecule has 36 heavy (non-hydrogen) atoms. The first-order chi connectivity index (χ1) is 17.2. The largest absolute Gasteiger partial charge is 0.378 e. The molecule has 2 heterocycles. The predicted molar refractivity (Wildman–Crippen MR) is 142 cm³/mol. The molecule has 4 amide bonds. The SMILES string of the molecule is CC(C)(C)C1=NN(c2cccc(CNC(=O)N3CCOCC3)c2)C(NC(=O)Nc2ccc(Cl)cc2)C1. The minimum atomic E-state index is -0.357. The number of carbonyl (C=O) groups excluding carboxylic acids is 2. The van der Waals surface area contributed by atoms with Crippen LogP contribution in [0.5, 0.6) is 0 Å². The van der Waals surface area contributed by atoms with Crippen LogP contribution in [0, 0.1) is 5.41 Å². The molecule has 0 aliphatic carbocycles. The maximum absolute atomic E-state index is 12.8. The fourth-order valence-electron chi connectivity index (χ4n) is 4.03. The van der Waals surface area contributed by atoms with E-state index in [0.717, 1.165) is 17.0 Å². The molecule has 3 N–H and O–H groups in total. The standard InChI is InChI=1S/C26H33ClN6O3/c1-26(2,3)22-16-23(30-24(34)29-20-9-7-19(27)8-10-20)33(31-22)21-6-4-5-18(15-21)17-28-25(35)32-11-13-36-14-12-32/h4-10,15,23H,11-14,16-17H2,1-3H3,(H,28,35)(H2,29,30,34). The van der Waals surface area contributed by atoms with Crippen molar-refractivity contribution in [3.8, 4) is 0 Å². The summed E-state index contributed by atoms with van der Waals surface area (Å²) in [4.78, 5) is 27.0. The topological polar surface area (TPSA) is 98.3 Å². The van der Waals surface area contributed by atoms with Crippen molar-refractivity contribution in [2.45, 2.75) is 39.9 Å². The fraction of sp³-hybridized carbons (Fsp3) is 0.423. The van der Waals surface area contributed by atoms with Crippen LogP contribution in [-0.2, 0) is 11.3 Å². The van der Waals surface area contributed by atoms with Crippen molar-refractivity contribution in [2.75, 3.05) is 36.6 Å². The van der Waals surface area contributed by atoms with Crippen molar-refractivity contribution in [3.63, 3.8) is 0 Å². The second-order valence-corrected chi connectivity index (χ2v) is 10.3. The summed E-state index contributed by atoms with van der Waals surface area (Å²) in [6, 6.07) is 14.4. The molecule has 1 saturated heterocycles. The lowest BCUT2D eigenvalue weighted by Gasteiger charge is -2.27. The van der Waals surface area contributed by atoms with E-state index in [9.17, 15) is 9.59 Å². The molecule has 2 aliphatic rings. The van der Waals surface area contributed by atoms with Gasteiger partial charge >= 0.3 is 12.1 Å². The first-order valence-electron chi connectivity index (χ1n) is 12.1. The molecular formula is C26H33ClN6O3. The Kier molecular flexibility index (Phi) is 8.01. The van der Waals surface area contributed by atoms with E-state index in [1.54, 1.807) is 29.2 Å². The van der Waals surface area contributed by atoms with Crippen LogP contribution in [0.2, 0.25) is 5.02 Å². The Morgan fingerprint density at radius 2 is 1.83 bits per heavy atom. The number of nitrogens with zero attached hydrogens (tertiary/aromatic N) is 3. The van der Waals surface area contributed by atoms with E-state index in [0.29, 0.717) is 50.0 Å². The Morgan fingerprint density at radius 1 is 1.11 bits per heavy atom. The van der Waals surface area contributed by atoms with Gasteiger partial charge in [-0.05, 0) is 42.0 Å². The fourth-order valence-corrected chi connectivity index (χ4v) is 4.16. The van der Waals surface area contributed by atoms with Gasteiger partial charge < -0.3 is 25.6 Å². The van der Waals surface area contributed by atoms with Gasteiger partial charge in [0.2, 0.25) is 0 Å². The van der Waals surface area contributed by atoms with Crippen LogP contribution in [0.4, 0.5) is 21.0 Å². The number of benzene rings is 2. The van der Waals surface area contributed by atoms with E-state index >= 15 is 0 Å². The lowest BCUT2D eigenvalue weighted by Crippen LogP contribution is -2.46. The number of morpholine rings is 1. The normalized spacial score (nSPS) is 18.0. The number of hydrogen-bond donors (Lipinski definition) is 3. The minimum absolute atomic E-state index is 0.101. The highest BCUT2D eigenvalue weighted by Crippen LogP contribution is 2.31. The van der Waals surface area contributed by atoms with Crippen LogP contribution in [0.3, 0.4) is 0 Å². The summed E-state index contributed by atoms with van der Waals surface area (Å²) in [7, 11) is 0. The zero-order valence-electron chi connectivity index (χ0n) is 20.9. The van der Waals surface area contributed by atoms with Gasteiger partial charge in [0.15, 0.2) is 0 Å². The molecule has 192 valence electrons. The molecule has 9 nitrogen and oxygen atoms in total. The quantitative estimate of drug-likeness (QED) is 0.543. The molecule has 0 saturated carbocycles.